The van der Waals surface area contributed by atoms with Gasteiger partial charge >= 0.3 is 0 Å². The van der Waals surface area contributed by atoms with Gasteiger partial charge in [-0.05, 0) is 38.8 Å². The average Bonchev–Trinajstić information content (AvgIpc) is 2.57. The van der Waals surface area contributed by atoms with Crippen LogP contribution in [-0.4, -0.2) is 34.6 Å². The molecule has 0 radical (unpaired) electrons. The van der Waals surface area contributed by atoms with Crippen LogP contribution in [0.1, 0.15) is 24.1 Å². The van der Waals surface area contributed by atoms with Crippen LogP contribution >= 0.6 is 0 Å². The average molecular weight is 298 g/mol. The molecule has 5 heteroatoms. The Bertz CT molecular complexity index is 617. The summed E-state index contributed by atoms with van der Waals surface area (Å²) in [5, 5.41) is 0. The quantitative estimate of drug-likeness (QED) is 0.868. The summed E-state index contributed by atoms with van der Waals surface area (Å²) in [5.74, 6) is 2.49. The van der Waals surface area contributed by atoms with Crippen LogP contribution in [0.3, 0.4) is 0 Å². The molecule has 1 aliphatic heterocycles. The summed E-state index contributed by atoms with van der Waals surface area (Å²) in [5.41, 5.74) is 2.23. The maximum absolute atomic E-state index is 5.88. The molecule has 0 aromatic carbocycles. The van der Waals surface area contributed by atoms with Crippen molar-refractivity contribution in [3.63, 3.8) is 0 Å². The van der Waals surface area contributed by atoms with Crippen LogP contribution in [-0.2, 0) is 0 Å². The summed E-state index contributed by atoms with van der Waals surface area (Å²) in [6.07, 6.45) is 7.55. The molecule has 5 nitrogen and oxygen atoms in total. The van der Waals surface area contributed by atoms with E-state index < -0.39 is 0 Å². The van der Waals surface area contributed by atoms with Gasteiger partial charge in [0.1, 0.15) is 17.9 Å². The fraction of sp³-hybridized carbons (Fsp3) is 0.471. The Balaban J connectivity index is 1.63. The van der Waals surface area contributed by atoms with E-state index in [4.69, 9.17) is 4.74 Å². The summed E-state index contributed by atoms with van der Waals surface area (Å²) >= 11 is 0. The number of rotatable bonds is 4. The monoisotopic (exact) mass is 298 g/mol. The smallest absolute Gasteiger partial charge is 0.135 e. The number of ether oxygens (including phenoxy) is 1. The maximum Gasteiger partial charge on any atom is 0.135 e. The summed E-state index contributed by atoms with van der Waals surface area (Å²) in [6, 6.07) is 3.80. The number of piperidine rings is 1. The van der Waals surface area contributed by atoms with E-state index in [1.807, 2.05) is 19.1 Å². The van der Waals surface area contributed by atoms with Crippen molar-refractivity contribution in [3.05, 3.63) is 42.1 Å². The van der Waals surface area contributed by atoms with E-state index >= 15 is 0 Å². The molecule has 1 aliphatic rings. The molecule has 2 aromatic heterocycles. The van der Waals surface area contributed by atoms with Crippen molar-refractivity contribution >= 4 is 5.82 Å². The molecule has 0 saturated carbocycles. The molecular formula is C17H22N4O. The summed E-state index contributed by atoms with van der Waals surface area (Å²) in [7, 11) is 0. The van der Waals surface area contributed by atoms with Gasteiger partial charge in [0.25, 0.3) is 0 Å². The number of aromatic nitrogens is 3. The Labute approximate surface area is 131 Å². The topological polar surface area (TPSA) is 51.1 Å². The van der Waals surface area contributed by atoms with Gasteiger partial charge in [-0.3, -0.25) is 4.98 Å². The molecule has 0 amide bonds. The van der Waals surface area contributed by atoms with Gasteiger partial charge in [0, 0.05) is 42.7 Å². The third kappa shape index (κ3) is 3.35. The lowest BCUT2D eigenvalue weighted by Crippen LogP contribution is -2.38. The van der Waals surface area contributed by atoms with E-state index in [9.17, 15) is 0 Å². The van der Waals surface area contributed by atoms with Crippen molar-refractivity contribution in [2.45, 2.75) is 26.7 Å². The van der Waals surface area contributed by atoms with Crippen molar-refractivity contribution in [1.82, 2.24) is 15.0 Å². The van der Waals surface area contributed by atoms with E-state index in [2.05, 4.69) is 26.8 Å². The second-order valence-corrected chi connectivity index (χ2v) is 5.86. The largest absolute Gasteiger partial charge is 0.493 e. The number of nitrogens with zero attached hydrogens (tertiary/aromatic N) is 4. The Morgan fingerprint density at radius 2 is 2.05 bits per heavy atom. The van der Waals surface area contributed by atoms with Crippen LogP contribution in [0.2, 0.25) is 0 Å². The fourth-order valence-electron chi connectivity index (χ4n) is 2.89. The third-order valence-corrected chi connectivity index (χ3v) is 4.26. The molecule has 1 atom stereocenters. The Kier molecular flexibility index (Phi) is 4.51. The van der Waals surface area contributed by atoms with Gasteiger partial charge in [0.05, 0.1) is 6.61 Å². The van der Waals surface area contributed by atoms with Crippen LogP contribution in [0.15, 0.2) is 30.9 Å². The zero-order chi connectivity index (χ0) is 15.4. The highest BCUT2D eigenvalue weighted by Crippen LogP contribution is 2.25. The highest BCUT2D eigenvalue weighted by Gasteiger charge is 2.23. The fourth-order valence-corrected chi connectivity index (χ4v) is 2.89. The molecule has 0 bridgehead atoms. The Morgan fingerprint density at radius 1 is 1.23 bits per heavy atom. The normalized spacial score (nSPS) is 18.3. The Morgan fingerprint density at radius 3 is 2.86 bits per heavy atom. The highest BCUT2D eigenvalue weighted by molar-refractivity contribution is 5.47. The van der Waals surface area contributed by atoms with Crippen molar-refractivity contribution in [2.24, 2.45) is 5.92 Å². The molecule has 116 valence electrons. The molecule has 1 saturated heterocycles. The Hall–Kier alpha value is -2.17. The standard InChI is InChI=1S/C17H22N4O/c1-13-14(2)19-12-20-17(13)21-9-3-4-15(10-21)11-22-16-5-7-18-8-6-16/h5-8,12,15H,3-4,9-11H2,1-2H3. The first-order valence-corrected chi connectivity index (χ1v) is 7.80. The minimum atomic E-state index is 0.525. The predicted molar refractivity (Wildman–Crippen MR) is 86.2 cm³/mol. The molecule has 3 rings (SSSR count). The van der Waals surface area contributed by atoms with Gasteiger partial charge in [0.15, 0.2) is 0 Å². The molecule has 0 N–H and O–H groups in total. The minimum absolute atomic E-state index is 0.525. The summed E-state index contributed by atoms with van der Waals surface area (Å²) < 4.78 is 5.88. The van der Waals surface area contributed by atoms with Crippen molar-refractivity contribution in [1.29, 1.82) is 0 Å². The van der Waals surface area contributed by atoms with Crippen LogP contribution < -0.4 is 9.64 Å². The van der Waals surface area contributed by atoms with Crippen LogP contribution in [0.25, 0.3) is 0 Å². The number of aryl methyl sites for hydroxylation is 1. The van der Waals surface area contributed by atoms with E-state index in [1.165, 1.54) is 18.4 Å². The molecule has 1 fully saturated rings. The molecule has 2 aromatic rings. The molecule has 22 heavy (non-hydrogen) atoms. The van der Waals surface area contributed by atoms with Gasteiger partial charge in [0.2, 0.25) is 0 Å². The van der Waals surface area contributed by atoms with E-state index in [0.29, 0.717) is 5.92 Å². The van der Waals surface area contributed by atoms with Crippen LogP contribution in [0.4, 0.5) is 5.82 Å². The lowest BCUT2D eigenvalue weighted by Gasteiger charge is -2.34. The molecule has 0 spiro atoms. The third-order valence-electron chi connectivity index (χ3n) is 4.26. The van der Waals surface area contributed by atoms with Crippen molar-refractivity contribution in [2.75, 3.05) is 24.6 Å². The SMILES string of the molecule is Cc1ncnc(N2CCCC(COc3ccncc3)C2)c1C. The number of pyridine rings is 1. The lowest BCUT2D eigenvalue weighted by atomic mass is 9.98. The molecule has 3 heterocycles. The maximum atomic E-state index is 5.88. The predicted octanol–water partition coefficient (Wildman–Crippen LogP) is 2.78. The first-order chi connectivity index (χ1) is 10.7. The van der Waals surface area contributed by atoms with E-state index in [-0.39, 0.29) is 0 Å². The summed E-state index contributed by atoms with van der Waals surface area (Å²) in [4.78, 5) is 15.1. The second kappa shape index (κ2) is 6.73. The minimum Gasteiger partial charge on any atom is -0.493 e. The zero-order valence-electron chi connectivity index (χ0n) is 13.2. The summed E-state index contributed by atoms with van der Waals surface area (Å²) in [6.45, 7) is 6.92. The van der Waals surface area contributed by atoms with Crippen LogP contribution in [0.5, 0.6) is 5.75 Å². The van der Waals surface area contributed by atoms with E-state index in [1.54, 1.807) is 18.7 Å². The van der Waals surface area contributed by atoms with E-state index in [0.717, 1.165) is 37.0 Å². The van der Waals surface area contributed by atoms with Gasteiger partial charge in [-0.15, -0.1) is 0 Å². The van der Waals surface area contributed by atoms with Gasteiger partial charge < -0.3 is 9.64 Å². The van der Waals surface area contributed by atoms with Crippen molar-refractivity contribution < 1.29 is 4.74 Å². The number of anilines is 1. The lowest BCUT2D eigenvalue weighted by molar-refractivity contribution is 0.228. The molecular weight excluding hydrogens is 276 g/mol. The first-order valence-electron chi connectivity index (χ1n) is 7.80. The molecule has 0 aliphatic carbocycles. The number of hydrogen-bond donors (Lipinski definition) is 0. The van der Waals surface area contributed by atoms with Crippen LogP contribution in [0, 0.1) is 19.8 Å². The van der Waals surface area contributed by atoms with Gasteiger partial charge in [-0.1, -0.05) is 0 Å². The second-order valence-electron chi connectivity index (χ2n) is 5.86. The number of hydrogen-bond acceptors (Lipinski definition) is 5. The van der Waals surface area contributed by atoms with Gasteiger partial charge in [-0.2, -0.15) is 0 Å². The first kappa shape index (κ1) is 14.8. The zero-order valence-corrected chi connectivity index (χ0v) is 13.2. The van der Waals surface area contributed by atoms with Gasteiger partial charge in [-0.25, -0.2) is 9.97 Å². The highest BCUT2D eigenvalue weighted by atomic mass is 16.5. The molecule has 1 unspecified atom stereocenters. The van der Waals surface area contributed by atoms with Crippen molar-refractivity contribution in [3.8, 4) is 5.75 Å².